The van der Waals surface area contributed by atoms with Gasteiger partial charge in [-0.15, -0.1) is 0 Å². The molecule has 16 heavy (non-hydrogen) atoms. The second-order valence-electron chi connectivity index (χ2n) is 4.77. The number of nitrogens with one attached hydrogen (secondary N) is 1. The van der Waals surface area contributed by atoms with Crippen molar-refractivity contribution in [2.45, 2.75) is 38.6 Å². The number of likely N-dealkylation sites (N-methyl/N-ethyl adjacent to an activating group) is 1. The molecular formula is C14H20ClN. The summed E-state index contributed by atoms with van der Waals surface area (Å²) in [5.41, 5.74) is 1.35. The lowest BCUT2D eigenvalue weighted by atomic mass is 10.0. The van der Waals surface area contributed by atoms with Crippen molar-refractivity contribution in [1.82, 2.24) is 5.32 Å². The van der Waals surface area contributed by atoms with Crippen molar-refractivity contribution in [2.75, 3.05) is 6.54 Å². The van der Waals surface area contributed by atoms with Crippen molar-refractivity contribution in [3.63, 3.8) is 0 Å². The third-order valence-electron chi connectivity index (χ3n) is 3.18. The minimum Gasteiger partial charge on any atom is -0.314 e. The van der Waals surface area contributed by atoms with Gasteiger partial charge in [-0.3, -0.25) is 0 Å². The van der Waals surface area contributed by atoms with Crippen molar-refractivity contribution in [3.05, 3.63) is 34.9 Å². The Morgan fingerprint density at radius 2 is 2.25 bits per heavy atom. The zero-order chi connectivity index (χ0) is 11.4. The Balaban J connectivity index is 1.92. The zero-order valence-corrected chi connectivity index (χ0v) is 10.6. The Morgan fingerprint density at radius 1 is 1.44 bits per heavy atom. The molecule has 88 valence electrons. The van der Waals surface area contributed by atoms with E-state index in [9.17, 15) is 0 Å². The molecule has 0 spiro atoms. The standard InChI is InChI=1S/C14H20ClN/c1-2-16-14(9-11-6-7-11)10-12-4-3-5-13(15)8-12/h3-5,8,11,14,16H,2,6-7,9-10H2,1H3. The van der Waals surface area contributed by atoms with E-state index < -0.39 is 0 Å². The fraction of sp³-hybridized carbons (Fsp3) is 0.571. The van der Waals surface area contributed by atoms with Gasteiger partial charge in [0.05, 0.1) is 0 Å². The third kappa shape index (κ3) is 3.80. The maximum Gasteiger partial charge on any atom is 0.0408 e. The minimum absolute atomic E-state index is 0.621. The molecule has 0 radical (unpaired) electrons. The second kappa shape index (κ2) is 5.70. The molecule has 1 atom stereocenters. The molecule has 1 aliphatic carbocycles. The highest BCUT2D eigenvalue weighted by Crippen LogP contribution is 2.34. The topological polar surface area (TPSA) is 12.0 Å². The molecule has 1 aromatic carbocycles. The highest BCUT2D eigenvalue weighted by atomic mass is 35.5. The molecule has 1 N–H and O–H groups in total. The molecule has 0 amide bonds. The van der Waals surface area contributed by atoms with Crippen LogP contribution in [-0.2, 0) is 6.42 Å². The van der Waals surface area contributed by atoms with Crippen LogP contribution in [0, 0.1) is 5.92 Å². The predicted octanol–water partition coefficient (Wildman–Crippen LogP) is 3.66. The molecule has 0 aromatic heterocycles. The molecule has 0 heterocycles. The summed E-state index contributed by atoms with van der Waals surface area (Å²) < 4.78 is 0. The van der Waals surface area contributed by atoms with Crippen LogP contribution in [0.1, 0.15) is 31.7 Å². The van der Waals surface area contributed by atoms with Gasteiger partial charge in [0.15, 0.2) is 0 Å². The number of benzene rings is 1. The van der Waals surface area contributed by atoms with Crippen LogP contribution in [0.5, 0.6) is 0 Å². The van der Waals surface area contributed by atoms with Crippen LogP contribution in [0.4, 0.5) is 0 Å². The van der Waals surface area contributed by atoms with E-state index in [0.717, 1.165) is 23.9 Å². The first-order chi connectivity index (χ1) is 7.78. The van der Waals surface area contributed by atoms with Crippen molar-refractivity contribution in [1.29, 1.82) is 0 Å². The average Bonchev–Trinajstić information content (AvgIpc) is 3.02. The Labute approximate surface area is 103 Å². The Kier molecular flexibility index (Phi) is 4.25. The van der Waals surface area contributed by atoms with E-state index >= 15 is 0 Å². The summed E-state index contributed by atoms with van der Waals surface area (Å²) in [4.78, 5) is 0. The van der Waals surface area contributed by atoms with Gasteiger partial charge in [0.2, 0.25) is 0 Å². The molecule has 1 nitrogen and oxygen atoms in total. The van der Waals surface area contributed by atoms with Crippen LogP contribution in [-0.4, -0.2) is 12.6 Å². The molecule has 1 aromatic rings. The molecular weight excluding hydrogens is 218 g/mol. The van der Waals surface area contributed by atoms with E-state index in [4.69, 9.17) is 11.6 Å². The SMILES string of the molecule is CCNC(Cc1cccc(Cl)c1)CC1CC1. The van der Waals surface area contributed by atoms with Crippen LogP contribution in [0.2, 0.25) is 5.02 Å². The lowest BCUT2D eigenvalue weighted by molar-refractivity contribution is 0.466. The van der Waals surface area contributed by atoms with Crippen molar-refractivity contribution in [3.8, 4) is 0 Å². The minimum atomic E-state index is 0.621. The van der Waals surface area contributed by atoms with Gasteiger partial charge in [0.1, 0.15) is 0 Å². The number of halogens is 1. The van der Waals surface area contributed by atoms with Crippen molar-refractivity contribution >= 4 is 11.6 Å². The lowest BCUT2D eigenvalue weighted by Crippen LogP contribution is -2.31. The van der Waals surface area contributed by atoms with Gasteiger partial charge in [-0.25, -0.2) is 0 Å². The van der Waals surface area contributed by atoms with E-state index in [2.05, 4.69) is 24.4 Å². The van der Waals surface area contributed by atoms with E-state index in [1.165, 1.54) is 24.8 Å². The van der Waals surface area contributed by atoms with Crippen LogP contribution >= 0.6 is 11.6 Å². The van der Waals surface area contributed by atoms with Gasteiger partial charge in [0.25, 0.3) is 0 Å². The van der Waals surface area contributed by atoms with Gasteiger partial charge in [-0.05, 0) is 43.0 Å². The zero-order valence-electron chi connectivity index (χ0n) is 9.88. The fourth-order valence-corrected chi connectivity index (χ4v) is 2.44. The largest absolute Gasteiger partial charge is 0.314 e. The fourth-order valence-electron chi connectivity index (χ4n) is 2.23. The second-order valence-corrected chi connectivity index (χ2v) is 5.20. The van der Waals surface area contributed by atoms with Crippen LogP contribution in [0.3, 0.4) is 0 Å². The van der Waals surface area contributed by atoms with Gasteiger partial charge in [-0.2, -0.15) is 0 Å². The van der Waals surface area contributed by atoms with E-state index in [0.29, 0.717) is 6.04 Å². The molecule has 0 aliphatic heterocycles. The lowest BCUT2D eigenvalue weighted by Gasteiger charge is -2.17. The summed E-state index contributed by atoms with van der Waals surface area (Å²) in [7, 11) is 0. The van der Waals surface area contributed by atoms with Crippen LogP contribution < -0.4 is 5.32 Å². The monoisotopic (exact) mass is 237 g/mol. The van der Waals surface area contributed by atoms with Gasteiger partial charge >= 0.3 is 0 Å². The molecule has 1 unspecified atom stereocenters. The summed E-state index contributed by atoms with van der Waals surface area (Å²) >= 11 is 6.00. The third-order valence-corrected chi connectivity index (χ3v) is 3.41. The predicted molar refractivity (Wildman–Crippen MR) is 70.0 cm³/mol. The molecule has 0 saturated heterocycles. The summed E-state index contributed by atoms with van der Waals surface area (Å²) in [6, 6.07) is 8.85. The maximum absolute atomic E-state index is 6.00. The Morgan fingerprint density at radius 3 is 2.88 bits per heavy atom. The quantitative estimate of drug-likeness (QED) is 0.796. The number of rotatable bonds is 6. The summed E-state index contributed by atoms with van der Waals surface area (Å²) in [5.74, 6) is 0.975. The Bertz CT molecular complexity index is 333. The Hall–Kier alpha value is -0.530. The van der Waals surface area contributed by atoms with Gasteiger partial charge < -0.3 is 5.32 Å². The summed E-state index contributed by atoms with van der Waals surface area (Å²) in [6.45, 7) is 3.23. The molecule has 1 saturated carbocycles. The first-order valence-corrected chi connectivity index (χ1v) is 6.63. The first-order valence-electron chi connectivity index (χ1n) is 6.25. The molecule has 0 bridgehead atoms. The summed E-state index contributed by atoms with van der Waals surface area (Å²) in [5, 5.41) is 4.43. The van der Waals surface area contributed by atoms with E-state index in [1.54, 1.807) is 0 Å². The first kappa shape index (κ1) is 11.9. The maximum atomic E-state index is 6.00. The van der Waals surface area contributed by atoms with E-state index in [-0.39, 0.29) is 0 Å². The normalized spacial score (nSPS) is 17.4. The van der Waals surface area contributed by atoms with E-state index in [1.807, 2.05) is 12.1 Å². The highest BCUT2D eigenvalue weighted by Gasteiger charge is 2.25. The van der Waals surface area contributed by atoms with Crippen LogP contribution in [0.15, 0.2) is 24.3 Å². The number of hydrogen-bond acceptors (Lipinski definition) is 1. The van der Waals surface area contributed by atoms with Gasteiger partial charge in [0, 0.05) is 11.1 Å². The number of hydrogen-bond donors (Lipinski definition) is 1. The van der Waals surface area contributed by atoms with Gasteiger partial charge in [-0.1, -0.05) is 43.5 Å². The highest BCUT2D eigenvalue weighted by molar-refractivity contribution is 6.30. The molecule has 1 aliphatic rings. The van der Waals surface area contributed by atoms with Crippen molar-refractivity contribution in [2.24, 2.45) is 5.92 Å². The summed E-state index contributed by atoms with van der Waals surface area (Å²) in [6.07, 6.45) is 5.28. The van der Waals surface area contributed by atoms with Crippen LogP contribution in [0.25, 0.3) is 0 Å². The van der Waals surface area contributed by atoms with Crippen molar-refractivity contribution < 1.29 is 0 Å². The average molecular weight is 238 g/mol. The molecule has 2 heteroatoms. The molecule has 1 fully saturated rings. The molecule has 2 rings (SSSR count). The smallest absolute Gasteiger partial charge is 0.0408 e.